The van der Waals surface area contributed by atoms with Crippen molar-refractivity contribution in [1.82, 2.24) is 4.90 Å². The average Bonchev–Trinajstić information content (AvgIpc) is 2.44. The Bertz CT molecular complexity index is 386. The molecule has 0 bridgehead atoms. The average molecular weight is 267 g/mol. The van der Waals surface area contributed by atoms with Crippen molar-refractivity contribution in [3.63, 3.8) is 0 Å². The molecule has 0 saturated carbocycles. The van der Waals surface area contributed by atoms with E-state index in [1.807, 2.05) is 35.2 Å². The normalized spacial score (nSPS) is 32.4. The number of aliphatic hydroxyl groups excluding tert-OH is 4. The molecule has 19 heavy (non-hydrogen) atoms. The maximum absolute atomic E-state index is 9.86. The number of piperidine rings is 1. The van der Waals surface area contributed by atoms with Crippen LogP contribution >= 0.6 is 0 Å². The maximum Gasteiger partial charge on any atom is 0.109 e. The van der Waals surface area contributed by atoms with Crippen LogP contribution in [-0.2, 0) is 6.42 Å². The van der Waals surface area contributed by atoms with Crippen molar-refractivity contribution in [3.8, 4) is 0 Å². The fourth-order valence-electron chi connectivity index (χ4n) is 2.55. The molecule has 2 rings (SSSR count). The lowest BCUT2D eigenvalue weighted by molar-refractivity contribution is -0.144. The molecule has 0 aliphatic carbocycles. The predicted molar refractivity (Wildman–Crippen MR) is 70.6 cm³/mol. The van der Waals surface area contributed by atoms with Crippen LogP contribution < -0.4 is 0 Å². The maximum atomic E-state index is 9.86. The van der Waals surface area contributed by atoms with Gasteiger partial charge in [-0.25, -0.2) is 0 Å². The van der Waals surface area contributed by atoms with E-state index in [-0.39, 0.29) is 13.2 Å². The standard InChI is InChI=1S/C14H21NO4/c16-9-11-13(18)14(19)12(17)8-15(11)7-6-10-4-2-1-3-5-10/h1-5,11-14,16-19H,6-9H2/t11-,12-,13+,14+/m0/s1. The zero-order chi connectivity index (χ0) is 13.8. The van der Waals surface area contributed by atoms with Crippen molar-refractivity contribution in [1.29, 1.82) is 0 Å². The highest BCUT2D eigenvalue weighted by molar-refractivity contribution is 5.15. The Balaban J connectivity index is 1.98. The Morgan fingerprint density at radius 2 is 1.74 bits per heavy atom. The van der Waals surface area contributed by atoms with E-state index >= 15 is 0 Å². The van der Waals surface area contributed by atoms with Gasteiger partial charge in [-0.1, -0.05) is 30.3 Å². The third-order valence-corrected chi connectivity index (χ3v) is 3.75. The summed E-state index contributed by atoms with van der Waals surface area (Å²) in [6.07, 6.45) is -2.52. The molecule has 1 aliphatic heterocycles. The first kappa shape index (κ1) is 14.4. The second-order valence-electron chi connectivity index (χ2n) is 5.03. The molecular formula is C14H21NO4. The minimum Gasteiger partial charge on any atom is -0.395 e. The molecule has 0 spiro atoms. The molecule has 0 radical (unpaired) electrons. The van der Waals surface area contributed by atoms with E-state index < -0.39 is 24.4 Å². The Hall–Kier alpha value is -0.980. The van der Waals surface area contributed by atoms with Gasteiger partial charge < -0.3 is 20.4 Å². The largest absolute Gasteiger partial charge is 0.395 e. The molecule has 1 aromatic rings. The Morgan fingerprint density at radius 3 is 2.37 bits per heavy atom. The van der Waals surface area contributed by atoms with Crippen molar-refractivity contribution >= 4 is 0 Å². The number of nitrogens with zero attached hydrogens (tertiary/aromatic N) is 1. The number of aliphatic hydroxyl groups is 4. The zero-order valence-corrected chi connectivity index (χ0v) is 10.8. The molecule has 1 saturated heterocycles. The molecule has 4 N–H and O–H groups in total. The van der Waals surface area contributed by atoms with Gasteiger partial charge in [0.25, 0.3) is 0 Å². The summed E-state index contributed by atoms with van der Waals surface area (Å²) >= 11 is 0. The van der Waals surface area contributed by atoms with Gasteiger partial charge in [0, 0.05) is 13.1 Å². The number of hydrogen-bond acceptors (Lipinski definition) is 5. The number of β-amino-alcohol motifs (C(OH)–C–C–N with tert-alkyl or cyclic N) is 1. The minimum absolute atomic E-state index is 0.236. The topological polar surface area (TPSA) is 84.2 Å². The molecule has 106 valence electrons. The van der Waals surface area contributed by atoms with Crippen molar-refractivity contribution in [3.05, 3.63) is 35.9 Å². The van der Waals surface area contributed by atoms with Crippen molar-refractivity contribution in [2.75, 3.05) is 19.7 Å². The summed E-state index contributed by atoms with van der Waals surface area (Å²) in [6, 6.07) is 9.37. The van der Waals surface area contributed by atoms with Crippen LogP contribution in [0.25, 0.3) is 0 Å². The molecule has 1 heterocycles. The fourth-order valence-corrected chi connectivity index (χ4v) is 2.55. The Morgan fingerprint density at radius 1 is 1.05 bits per heavy atom. The summed E-state index contributed by atoms with van der Waals surface area (Å²) in [5, 5.41) is 38.5. The smallest absolute Gasteiger partial charge is 0.109 e. The van der Waals surface area contributed by atoms with E-state index in [2.05, 4.69) is 0 Å². The van der Waals surface area contributed by atoms with Gasteiger partial charge in [-0.2, -0.15) is 0 Å². The molecule has 5 heteroatoms. The molecule has 0 amide bonds. The van der Waals surface area contributed by atoms with Gasteiger partial charge in [0.2, 0.25) is 0 Å². The zero-order valence-electron chi connectivity index (χ0n) is 10.8. The van der Waals surface area contributed by atoms with Crippen LogP contribution in [0.1, 0.15) is 5.56 Å². The van der Waals surface area contributed by atoms with Gasteiger partial charge in [0.15, 0.2) is 0 Å². The van der Waals surface area contributed by atoms with Crippen LogP contribution in [-0.4, -0.2) is 69.4 Å². The van der Waals surface area contributed by atoms with Gasteiger partial charge in [-0.3, -0.25) is 4.90 Å². The quantitative estimate of drug-likeness (QED) is 0.562. The lowest BCUT2D eigenvalue weighted by Gasteiger charge is -2.43. The SMILES string of the molecule is OC[C@H]1[C@@H](O)[C@H](O)[C@@H](O)CN1CCc1ccccc1. The van der Waals surface area contributed by atoms with Crippen LogP contribution in [0.2, 0.25) is 0 Å². The van der Waals surface area contributed by atoms with E-state index in [0.29, 0.717) is 6.54 Å². The first-order chi connectivity index (χ1) is 9.13. The van der Waals surface area contributed by atoms with Gasteiger partial charge in [-0.15, -0.1) is 0 Å². The third kappa shape index (κ3) is 3.32. The summed E-state index contributed by atoms with van der Waals surface area (Å²) in [6.45, 7) is 0.645. The van der Waals surface area contributed by atoms with Crippen LogP contribution in [0, 0.1) is 0 Å². The number of hydrogen-bond donors (Lipinski definition) is 4. The highest BCUT2D eigenvalue weighted by Gasteiger charge is 2.40. The molecule has 0 unspecified atom stereocenters. The summed E-state index contributed by atoms with van der Waals surface area (Å²) in [5.74, 6) is 0. The minimum atomic E-state index is -1.19. The summed E-state index contributed by atoms with van der Waals surface area (Å²) in [7, 11) is 0. The molecule has 1 aromatic carbocycles. The predicted octanol–water partition coefficient (Wildman–Crippen LogP) is -1.01. The van der Waals surface area contributed by atoms with Crippen LogP contribution in [0.5, 0.6) is 0 Å². The van der Waals surface area contributed by atoms with Gasteiger partial charge in [0.1, 0.15) is 12.2 Å². The van der Waals surface area contributed by atoms with E-state index in [1.54, 1.807) is 0 Å². The second kappa shape index (κ2) is 6.45. The highest BCUT2D eigenvalue weighted by atomic mass is 16.4. The molecule has 1 aliphatic rings. The summed E-state index contributed by atoms with van der Waals surface area (Å²) < 4.78 is 0. The third-order valence-electron chi connectivity index (χ3n) is 3.75. The summed E-state index contributed by atoms with van der Waals surface area (Å²) in [5.41, 5.74) is 1.16. The first-order valence-corrected chi connectivity index (χ1v) is 6.56. The molecule has 5 nitrogen and oxygen atoms in total. The molecular weight excluding hydrogens is 246 g/mol. The van der Waals surface area contributed by atoms with E-state index in [4.69, 9.17) is 0 Å². The number of rotatable bonds is 4. The van der Waals surface area contributed by atoms with Crippen molar-refractivity contribution in [2.24, 2.45) is 0 Å². The Kier molecular flexibility index (Phi) is 4.90. The van der Waals surface area contributed by atoms with E-state index in [1.165, 1.54) is 0 Å². The Labute approximate surface area is 112 Å². The summed E-state index contributed by atoms with van der Waals surface area (Å²) in [4.78, 5) is 1.83. The molecule has 4 atom stereocenters. The monoisotopic (exact) mass is 267 g/mol. The van der Waals surface area contributed by atoms with E-state index in [0.717, 1.165) is 12.0 Å². The number of benzene rings is 1. The van der Waals surface area contributed by atoms with Gasteiger partial charge in [-0.05, 0) is 12.0 Å². The van der Waals surface area contributed by atoms with Gasteiger partial charge >= 0.3 is 0 Å². The number of likely N-dealkylation sites (tertiary alicyclic amines) is 1. The molecule has 0 aromatic heterocycles. The molecule has 1 fully saturated rings. The van der Waals surface area contributed by atoms with Crippen LogP contribution in [0.15, 0.2) is 30.3 Å². The van der Waals surface area contributed by atoms with Gasteiger partial charge in [0.05, 0.1) is 18.8 Å². The lowest BCUT2D eigenvalue weighted by Crippen LogP contribution is -2.62. The van der Waals surface area contributed by atoms with Crippen LogP contribution in [0.3, 0.4) is 0 Å². The van der Waals surface area contributed by atoms with Crippen molar-refractivity contribution in [2.45, 2.75) is 30.8 Å². The lowest BCUT2D eigenvalue weighted by atomic mass is 9.94. The van der Waals surface area contributed by atoms with Crippen LogP contribution in [0.4, 0.5) is 0 Å². The van der Waals surface area contributed by atoms with Crippen molar-refractivity contribution < 1.29 is 20.4 Å². The first-order valence-electron chi connectivity index (χ1n) is 6.56. The fraction of sp³-hybridized carbons (Fsp3) is 0.571. The van der Waals surface area contributed by atoms with E-state index in [9.17, 15) is 20.4 Å². The highest BCUT2D eigenvalue weighted by Crippen LogP contribution is 2.19. The second-order valence-corrected chi connectivity index (χ2v) is 5.03.